The average molecular weight is 396 g/mol. The van der Waals surface area contributed by atoms with Gasteiger partial charge in [-0.25, -0.2) is 24.9 Å². The molecule has 5 heterocycles. The van der Waals surface area contributed by atoms with E-state index in [0.29, 0.717) is 32.2 Å². The zero-order valence-corrected chi connectivity index (χ0v) is 16.6. The minimum atomic E-state index is -0.439. The number of nitrogens with two attached hydrogens (primary N) is 1. The Morgan fingerprint density at radius 3 is 2.55 bits per heavy atom. The second kappa shape index (κ2) is 6.89. The fraction of sp³-hybridized carbons (Fsp3) is 0.526. The molecule has 0 radical (unpaired) electrons. The van der Waals surface area contributed by atoms with Gasteiger partial charge >= 0.3 is 0 Å². The Balaban J connectivity index is 1.74. The lowest BCUT2D eigenvalue weighted by molar-refractivity contribution is -0.0694. The molecule has 10 heteroatoms. The Labute approximate surface area is 168 Å². The first-order valence-electron chi connectivity index (χ1n) is 9.92. The van der Waals surface area contributed by atoms with Crippen LogP contribution in [0.4, 0.5) is 11.8 Å². The van der Waals surface area contributed by atoms with Crippen LogP contribution < -0.4 is 10.6 Å². The van der Waals surface area contributed by atoms with Gasteiger partial charge in [-0.15, -0.1) is 0 Å². The van der Waals surface area contributed by atoms with Gasteiger partial charge in [0.1, 0.15) is 11.4 Å². The van der Waals surface area contributed by atoms with Gasteiger partial charge in [-0.1, -0.05) is 6.92 Å². The van der Waals surface area contributed by atoms with Gasteiger partial charge in [0, 0.05) is 32.0 Å². The summed E-state index contributed by atoms with van der Waals surface area (Å²) in [5, 5.41) is 0. The zero-order valence-electron chi connectivity index (χ0n) is 16.6. The van der Waals surface area contributed by atoms with Crippen LogP contribution in [-0.2, 0) is 21.6 Å². The quantitative estimate of drug-likeness (QED) is 0.700. The van der Waals surface area contributed by atoms with Crippen molar-refractivity contribution < 1.29 is 9.47 Å². The van der Waals surface area contributed by atoms with Crippen molar-refractivity contribution in [2.75, 3.05) is 43.5 Å². The van der Waals surface area contributed by atoms with Crippen LogP contribution in [0.2, 0.25) is 0 Å². The molecule has 2 N–H and O–H groups in total. The molecule has 3 aromatic rings. The standard InChI is InChI=1S/C19H24N8O2/c1-3-19(2)17-23-13-15(26-4-7-28-8-5-26)24-14(12-10-21-18(20)22-11-12)25-16(13)27(17)6-9-29-19/h10-11H,3-9H2,1-2H3,(H2,20,21,22)/t19-/m0/s1. The van der Waals surface area contributed by atoms with Crippen molar-refractivity contribution in [2.24, 2.45) is 0 Å². The van der Waals surface area contributed by atoms with E-state index in [1.54, 1.807) is 12.4 Å². The molecule has 1 fully saturated rings. The third kappa shape index (κ3) is 2.99. The van der Waals surface area contributed by atoms with E-state index in [-0.39, 0.29) is 5.95 Å². The molecule has 152 valence electrons. The van der Waals surface area contributed by atoms with Crippen LogP contribution in [0.3, 0.4) is 0 Å². The largest absolute Gasteiger partial charge is 0.378 e. The molecule has 0 aromatic carbocycles. The molecule has 1 saturated heterocycles. The van der Waals surface area contributed by atoms with Gasteiger partial charge in [0.2, 0.25) is 5.95 Å². The summed E-state index contributed by atoms with van der Waals surface area (Å²) in [4.78, 5) is 25.1. The topological polar surface area (TPSA) is 117 Å². The van der Waals surface area contributed by atoms with Crippen LogP contribution in [0, 0.1) is 0 Å². The molecule has 0 aliphatic carbocycles. The van der Waals surface area contributed by atoms with Crippen molar-refractivity contribution in [1.29, 1.82) is 0 Å². The first-order chi connectivity index (χ1) is 14.1. The maximum absolute atomic E-state index is 6.09. The normalized spacial score (nSPS) is 22.1. The maximum atomic E-state index is 6.09. The third-order valence-electron chi connectivity index (χ3n) is 5.70. The monoisotopic (exact) mass is 396 g/mol. The van der Waals surface area contributed by atoms with Crippen LogP contribution in [0.1, 0.15) is 26.1 Å². The van der Waals surface area contributed by atoms with E-state index < -0.39 is 5.60 Å². The van der Waals surface area contributed by atoms with Gasteiger partial charge in [0.05, 0.1) is 25.4 Å². The number of hydrogen-bond acceptors (Lipinski definition) is 9. The van der Waals surface area contributed by atoms with E-state index in [2.05, 4.69) is 33.3 Å². The molecule has 5 rings (SSSR count). The number of ether oxygens (including phenoxy) is 2. The van der Waals surface area contributed by atoms with Gasteiger partial charge in [-0.2, -0.15) is 0 Å². The number of anilines is 2. The summed E-state index contributed by atoms with van der Waals surface area (Å²) >= 11 is 0. The summed E-state index contributed by atoms with van der Waals surface area (Å²) in [5.41, 5.74) is 7.54. The van der Waals surface area contributed by atoms with Crippen molar-refractivity contribution in [3.05, 3.63) is 18.2 Å². The number of nitrogens with zero attached hydrogens (tertiary/aromatic N) is 7. The summed E-state index contributed by atoms with van der Waals surface area (Å²) < 4.78 is 13.8. The van der Waals surface area contributed by atoms with Gasteiger partial charge in [-0.3, -0.25) is 0 Å². The molecular formula is C19H24N8O2. The van der Waals surface area contributed by atoms with Crippen molar-refractivity contribution in [1.82, 2.24) is 29.5 Å². The van der Waals surface area contributed by atoms with E-state index in [0.717, 1.165) is 47.9 Å². The minimum absolute atomic E-state index is 0.223. The molecule has 29 heavy (non-hydrogen) atoms. The molecule has 0 bridgehead atoms. The molecule has 0 saturated carbocycles. The molecule has 10 nitrogen and oxygen atoms in total. The molecule has 0 amide bonds. The zero-order chi connectivity index (χ0) is 20.0. The lowest BCUT2D eigenvalue weighted by Crippen LogP contribution is -2.37. The van der Waals surface area contributed by atoms with Crippen LogP contribution in [0.15, 0.2) is 12.4 Å². The number of fused-ring (bicyclic) bond motifs is 3. The second-order valence-corrected chi connectivity index (χ2v) is 7.49. The minimum Gasteiger partial charge on any atom is -0.378 e. The predicted octanol–water partition coefficient (Wildman–Crippen LogP) is 1.36. The number of nitrogen functional groups attached to an aromatic ring is 1. The number of rotatable bonds is 3. The van der Waals surface area contributed by atoms with E-state index in [4.69, 9.17) is 30.2 Å². The summed E-state index contributed by atoms with van der Waals surface area (Å²) in [6, 6.07) is 0. The fourth-order valence-electron chi connectivity index (χ4n) is 3.87. The Morgan fingerprint density at radius 2 is 1.83 bits per heavy atom. The van der Waals surface area contributed by atoms with Crippen molar-refractivity contribution in [3.63, 3.8) is 0 Å². The Hall–Kier alpha value is -2.85. The molecule has 3 aromatic heterocycles. The van der Waals surface area contributed by atoms with Crippen LogP contribution in [-0.4, -0.2) is 62.4 Å². The van der Waals surface area contributed by atoms with Gasteiger partial charge in [-0.05, 0) is 13.3 Å². The Morgan fingerprint density at radius 1 is 1.07 bits per heavy atom. The second-order valence-electron chi connectivity index (χ2n) is 7.49. The number of aromatic nitrogens is 6. The smallest absolute Gasteiger partial charge is 0.219 e. The van der Waals surface area contributed by atoms with Gasteiger partial charge in [0.25, 0.3) is 0 Å². The van der Waals surface area contributed by atoms with Gasteiger partial charge < -0.3 is 24.7 Å². The highest BCUT2D eigenvalue weighted by atomic mass is 16.5. The van der Waals surface area contributed by atoms with Crippen LogP contribution in [0.5, 0.6) is 0 Å². The van der Waals surface area contributed by atoms with Crippen LogP contribution in [0.25, 0.3) is 22.6 Å². The average Bonchev–Trinajstić information content (AvgIpc) is 3.15. The molecule has 0 unspecified atom stereocenters. The third-order valence-corrected chi connectivity index (χ3v) is 5.70. The maximum Gasteiger partial charge on any atom is 0.219 e. The summed E-state index contributed by atoms with van der Waals surface area (Å²) in [5.74, 6) is 2.49. The van der Waals surface area contributed by atoms with Crippen LogP contribution >= 0.6 is 0 Å². The predicted molar refractivity (Wildman–Crippen MR) is 107 cm³/mol. The fourth-order valence-corrected chi connectivity index (χ4v) is 3.87. The van der Waals surface area contributed by atoms with E-state index in [1.807, 2.05) is 0 Å². The highest BCUT2D eigenvalue weighted by Crippen LogP contribution is 2.36. The van der Waals surface area contributed by atoms with Crippen molar-refractivity contribution in [3.8, 4) is 11.4 Å². The van der Waals surface area contributed by atoms with E-state index >= 15 is 0 Å². The summed E-state index contributed by atoms with van der Waals surface area (Å²) in [7, 11) is 0. The Kier molecular flexibility index (Phi) is 4.32. The lowest BCUT2D eigenvalue weighted by Gasteiger charge is -2.33. The van der Waals surface area contributed by atoms with E-state index in [9.17, 15) is 0 Å². The number of morpholine rings is 1. The molecule has 2 aliphatic heterocycles. The molecule has 1 atom stereocenters. The first kappa shape index (κ1) is 18.2. The highest BCUT2D eigenvalue weighted by molar-refractivity contribution is 5.86. The number of imidazole rings is 1. The summed E-state index contributed by atoms with van der Waals surface area (Å²) in [6.07, 6.45) is 4.13. The number of hydrogen-bond donors (Lipinski definition) is 1. The lowest BCUT2D eigenvalue weighted by atomic mass is 10.0. The van der Waals surface area contributed by atoms with E-state index in [1.165, 1.54) is 0 Å². The highest BCUT2D eigenvalue weighted by Gasteiger charge is 2.36. The first-order valence-corrected chi connectivity index (χ1v) is 9.92. The molecule has 0 spiro atoms. The van der Waals surface area contributed by atoms with Crippen molar-refractivity contribution in [2.45, 2.75) is 32.4 Å². The molecule has 2 aliphatic rings. The molecular weight excluding hydrogens is 372 g/mol. The SMILES string of the molecule is CC[C@]1(C)OCCn2c1nc1c(N3CCOCC3)nc(-c3cnc(N)nc3)nc12. The van der Waals surface area contributed by atoms with Crippen molar-refractivity contribution >= 4 is 22.9 Å². The summed E-state index contributed by atoms with van der Waals surface area (Å²) in [6.45, 7) is 8.37. The van der Waals surface area contributed by atoms with Gasteiger partial charge in [0.15, 0.2) is 22.8 Å². The Bertz CT molecular complexity index is 1040.